The van der Waals surface area contributed by atoms with Crippen LogP contribution in [0.15, 0.2) is 41.5 Å². The Bertz CT molecular complexity index is 751. The van der Waals surface area contributed by atoms with Crippen molar-refractivity contribution in [3.63, 3.8) is 0 Å². The first-order chi connectivity index (χ1) is 12.1. The number of nitrogens with zero attached hydrogens (tertiary/aromatic N) is 2. The minimum atomic E-state index is 0.442. The summed E-state index contributed by atoms with van der Waals surface area (Å²) in [6.07, 6.45) is 4.04. The van der Waals surface area contributed by atoms with Crippen LogP contribution in [-0.2, 0) is 11.5 Å². The first-order valence-corrected chi connectivity index (χ1v) is 10.4. The van der Waals surface area contributed by atoms with E-state index in [1.165, 1.54) is 0 Å². The van der Waals surface area contributed by atoms with Crippen molar-refractivity contribution in [2.45, 2.75) is 11.5 Å². The molecule has 0 aliphatic rings. The molecule has 0 N–H and O–H groups in total. The van der Waals surface area contributed by atoms with Crippen molar-refractivity contribution >= 4 is 34.9 Å². The van der Waals surface area contributed by atoms with Gasteiger partial charge in [-0.25, -0.2) is 0 Å². The molecule has 0 aliphatic carbocycles. The van der Waals surface area contributed by atoms with E-state index < -0.39 is 0 Å². The Balaban J connectivity index is 2.40. The van der Waals surface area contributed by atoms with Crippen molar-refractivity contribution in [2.24, 2.45) is 5.11 Å². The van der Waals surface area contributed by atoms with Gasteiger partial charge < -0.3 is 14.7 Å². The molecule has 0 aromatic heterocycles. The first kappa shape index (κ1) is 19.5. The van der Waals surface area contributed by atoms with Gasteiger partial charge in [-0.05, 0) is 46.7 Å². The van der Waals surface area contributed by atoms with Gasteiger partial charge in [0.1, 0.15) is 17.2 Å². The highest BCUT2D eigenvalue weighted by atomic mass is 32.2. The van der Waals surface area contributed by atoms with E-state index in [1.54, 1.807) is 49.9 Å². The summed E-state index contributed by atoms with van der Waals surface area (Å²) in [5.74, 6) is 2.96. The number of hydrogen-bond acceptors (Lipinski definition) is 6. The van der Waals surface area contributed by atoms with Gasteiger partial charge in [-0.1, -0.05) is 0 Å². The molecule has 25 heavy (non-hydrogen) atoms. The lowest BCUT2D eigenvalue weighted by Crippen LogP contribution is -1.95. The highest BCUT2D eigenvalue weighted by Gasteiger charge is 2.11. The third-order valence-corrected chi connectivity index (χ3v) is 4.67. The van der Waals surface area contributed by atoms with Gasteiger partial charge in [0.15, 0.2) is 0 Å². The van der Waals surface area contributed by atoms with E-state index >= 15 is 0 Å². The molecule has 0 radical (unpaired) electrons. The average Bonchev–Trinajstić information content (AvgIpc) is 2.61. The van der Waals surface area contributed by atoms with Gasteiger partial charge in [-0.3, -0.25) is 0 Å². The molecular formula is C18H22N2O3S2. The van der Waals surface area contributed by atoms with Crippen molar-refractivity contribution in [3.8, 4) is 11.5 Å². The summed E-state index contributed by atoms with van der Waals surface area (Å²) in [6.45, 7) is 0. The van der Waals surface area contributed by atoms with Crippen LogP contribution in [0.3, 0.4) is 0 Å². The molecular weight excluding hydrogens is 356 g/mol. The van der Waals surface area contributed by atoms with Gasteiger partial charge in [-0.2, -0.15) is 23.5 Å². The van der Waals surface area contributed by atoms with Crippen molar-refractivity contribution in [3.05, 3.63) is 52.7 Å². The van der Waals surface area contributed by atoms with Gasteiger partial charge in [0.05, 0.1) is 20.3 Å². The van der Waals surface area contributed by atoms with Crippen LogP contribution in [0.2, 0.25) is 0 Å². The SMILES string of the molecule is COc1cc(CSC)cc(/N=[N+](\[O-])c2cc(CSC)cc(OC)c2)c1. The summed E-state index contributed by atoms with van der Waals surface area (Å²) in [6, 6.07) is 11.0. The van der Waals surface area contributed by atoms with Crippen LogP contribution in [-0.4, -0.2) is 31.6 Å². The average molecular weight is 379 g/mol. The smallest absolute Gasteiger partial charge is 0.248 e. The van der Waals surface area contributed by atoms with E-state index in [4.69, 9.17) is 9.47 Å². The molecule has 0 fully saturated rings. The molecule has 0 unspecified atom stereocenters. The van der Waals surface area contributed by atoms with Crippen LogP contribution >= 0.6 is 23.5 Å². The zero-order chi connectivity index (χ0) is 18.2. The van der Waals surface area contributed by atoms with E-state index in [1.807, 2.05) is 36.8 Å². The largest absolute Gasteiger partial charge is 0.594 e. The molecule has 0 heterocycles. The van der Waals surface area contributed by atoms with Crippen LogP contribution in [0.4, 0.5) is 11.4 Å². The molecule has 2 aromatic rings. The molecule has 0 bridgehead atoms. The second-order valence-corrected chi connectivity index (χ2v) is 7.05. The van der Waals surface area contributed by atoms with E-state index in [-0.39, 0.29) is 0 Å². The number of ether oxygens (including phenoxy) is 2. The first-order valence-electron chi connectivity index (χ1n) is 7.62. The fourth-order valence-corrected chi connectivity index (χ4v) is 3.35. The minimum absolute atomic E-state index is 0.442. The van der Waals surface area contributed by atoms with E-state index in [2.05, 4.69) is 5.11 Å². The lowest BCUT2D eigenvalue weighted by molar-refractivity contribution is -0.435. The monoisotopic (exact) mass is 378 g/mol. The second-order valence-electron chi connectivity index (χ2n) is 5.32. The van der Waals surface area contributed by atoms with E-state index in [9.17, 15) is 5.21 Å². The molecule has 0 amide bonds. The molecule has 0 saturated heterocycles. The zero-order valence-corrected chi connectivity index (χ0v) is 16.4. The normalized spacial score (nSPS) is 11.4. The maximum atomic E-state index is 12.5. The van der Waals surface area contributed by atoms with Gasteiger partial charge >= 0.3 is 0 Å². The zero-order valence-electron chi connectivity index (χ0n) is 14.8. The van der Waals surface area contributed by atoms with Gasteiger partial charge in [-0.15, -0.1) is 0 Å². The third-order valence-electron chi connectivity index (χ3n) is 3.42. The quantitative estimate of drug-likeness (QED) is 0.352. The molecule has 7 heteroatoms. The van der Waals surface area contributed by atoms with Crippen molar-refractivity contribution in [1.82, 2.24) is 0 Å². The molecule has 2 rings (SSSR count). The van der Waals surface area contributed by atoms with E-state index in [0.717, 1.165) is 22.6 Å². The Hall–Kier alpha value is -1.86. The van der Waals surface area contributed by atoms with Crippen LogP contribution < -0.4 is 9.47 Å². The summed E-state index contributed by atoms with van der Waals surface area (Å²) in [5, 5.41) is 16.7. The van der Waals surface area contributed by atoms with Gasteiger partial charge in [0.2, 0.25) is 5.69 Å². The second kappa shape index (κ2) is 9.58. The third kappa shape index (κ3) is 5.57. The maximum absolute atomic E-state index is 12.5. The topological polar surface area (TPSA) is 56.9 Å². The summed E-state index contributed by atoms with van der Waals surface area (Å²) >= 11 is 3.39. The summed E-state index contributed by atoms with van der Waals surface area (Å²) in [5.41, 5.74) is 3.09. The minimum Gasteiger partial charge on any atom is -0.594 e. The fourth-order valence-electron chi connectivity index (χ4n) is 2.35. The number of rotatable bonds is 8. The number of azo groups is 1. The van der Waals surface area contributed by atoms with Crippen molar-refractivity contribution in [2.75, 3.05) is 26.7 Å². The lowest BCUT2D eigenvalue weighted by atomic mass is 10.2. The van der Waals surface area contributed by atoms with Crippen LogP contribution in [0.5, 0.6) is 11.5 Å². The molecule has 134 valence electrons. The summed E-state index contributed by atoms with van der Waals surface area (Å²) < 4.78 is 10.6. The summed E-state index contributed by atoms with van der Waals surface area (Å²) in [7, 11) is 3.19. The Morgan fingerprint density at radius 2 is 1.44 bits per heavy atom. The molecule has 0 saturated carbocycles. The standard InChI is InChI=1S/C18H22N2O3S2/c1-22-17-7-13(11-24-3)5-15(9-17)19-20(21)16-6-14(12-25-4)8-18(10-16)23-2/h5-10H,11-12H2,1-4H3/b20-19-. The lowest BCUT2D eigenvalue weighted by Gasteiger charge is -2.08. The fraction of sp³-hybridized carbons (Fsp3) is 0.333. The maximum Gasteiger partial charge on any atom is 0.248 e. The predicted octanol–water partition coefficient (Wildman–Crippen LogP) is 5.36. The highest BCUT2D eigenvalue weighted by Crippen LogP contribution is 2.29. The van der Waals surface area contributed by atoms with Gasteiger partial charge in [0, 0.05) is 28.8 Å². The van der Waals surface area contributed by atoms with Crippen LogP contribution in [0.25, 0.3) is 0 Å². The van der Waals surface area contributed by atoms with Crippen LogP contribution in [0.1, 0.15) is 11.1 Å². The molecule has 0 spiro atoms. The number of methoxy groups -OCH3 is 2. The Morgan fingerprint density at radius 3 is 2.00 bits per heavy atom. The summed E-state index contributed by atoms with van der Waals surface area (Å²) in [4.78, 5) is 0.629. The highest BCUT2D eigenvalue weighted by molar-refractivity contribution is 7.98. The molecule has 0 aliphatic heterocycles. The number of hydrogen-bond donors (Lipinski definition) is 0. The Morgan fingerprint density at radius 1 is 0.880 bits per heavy atom. The van der Waals surface area contributed by atoms with Gasteiger partial charge in [0.25, 0.3) is 0 Å². The molecule has 0 atom stereocenters. The number of thioether (sulfide) groups is 2. The Kier molecular flexibility index (Phi) is 7.46. The Labute approximate surface area is 157 Å². The van der Waals surface area contributed by atoms with Crippen molar-refractivity contribution < 1.29 is 14.3 Å². The van der Waals surface area contributed by atoms with Crippen molar-refractivity contribution in [1.29, 1.82) is 0 Å². The van der Waals surface area contributed by atoms with Crippen LogP contribution in [0, 0.1) is 5.21 Å². The number of benzene rings is 2. The predicted molar refractivity (Wildman–Crippen MR) is 106 cm³/mol. The molecule has 5 nitrogen and oxygen atoms in total. The van der Waals surface area contributed by atoms with E-state index in [0.29, 0.717) is 27.7 Å². The molecule has 2 aromatic carbocycles.